The second-order valence-corrected chi connectivity index (χ2v) is 4.62. The number of nitrogens with one attached hydrogen (secondary N) is 1. The van der Waals surface area contributed by atoms with Gasteiger partial charge in [0.15, 0.2) is 0 Å². The third-order valence-corrected chi connectivity index (χ3v) is 2.99. The van der Waals surface area contributed by atoms with Crippen LogP contribution in [0.5, 0.6) is 0 Å². The van der Waals surface area contributed by atoms with Crippen molar-refractivity contribution in [2.75, 3.05) is 20.3 Å². The van der Waals surface area contributed by atoms with Gasteiger partial charge in [0.25, 0.3) is 0 Å². The zero-order chi connectivity index (χ0) is 13.4. The fraction of sp³-hybridized carbons (Fsp3) is 0.538. The van der Waals surface area contributed by atoms with Crippen LogP contribution in [0.15, 0.2) is 18.2 Å². The molecule has 0 aromatic heterocycles. The van der Waals surface area contributed by atoms with Gasteiger partial charge in [-0.05, 0) is 37.1 Å². The first-order valence-corrected chi connectivity index (χ1v) is 6.41. The maximum atomic E-state index is 13.0. The Hall–Kier alpha value is -0.680. The van der Waals surface area contributed by atoms with E-state index in [1.54, 1.807) is 19.2 Å². The van der Waals surface area contributed by atoms with Gasteiger partial charge in [0.05, 0.1) is 11.6 Å². The lowest BCUT2D eigenvalue weighted by molar-refractivity contribution is 0.161. The van der Waals surface area contributed by atoms with Crippen LogP contribution in [0.3, 0.4) is 0 Å². The predicted octanol–water partition coefficient (Wildman–Crippen LogP) is 2.32. The van der Waals surface area contributed by atoms with E-state index < -0.39 is 5.82 Å². The van der Waals surface area contributed by atoms with Crippen LogP contribution in [0.25, 0.3) is 0 Å². The van der Waals surface area contributed by atoms with Crippen molar-refractivity contribution in [1.82, 2.24) is 5.32 Å². The van der Waals surface area contributed by atoms with E-state index in [0.717, 1.165) is 18.4 Å². The van der Waals surface area contributed by atoms with Crippen LogP contribution in [0.2, 0.25) is 5.02 Å². The van der Waals surface area contributed by atoms with E-state index in [0.29, 0.717) is 19.7 Å². The summed E-state index contributed by atoms with van der Waals surface area (Å²) in [5.41, 5.74) is 6.44. The van der Waals surface area contributed by atoms with Gasteiger partial charge in [-0.1, -0.05) is 17.7 Å². The van der Waals surface area contributed by atoms with Crippen molar-refractivity contribution in [3.05, 3.63) is 34.6 Å². The molecule has 0 aliphatic carbocycles. The summed E-state index contributed by atoms with van der Waals surface area (Å²) in [6.45, 7) is 1.94. The fourth-order valence-electron chi connectivity index (χ4n) is 1.72. The van der Waals surface area contributed by atoms with Gasteiger partial charge in [-0.2, -0.15) is 0 Å². The zero-order valence-electron chi connectivity index (χ0n) is 10.6. The van der Waals surface area contributed by atoms with Gasteiger partial charge in [0.1, 0.15) is 5.82 Å². The predicted molar refractivity (Wildman–Crippen MR) is 72.2 cm³/mol. The van der Waals surface area contributed by atoms with E-state index in [9.17, 15) is 4.39 Å². The van der Waals surface area contributed by atoms with Crippen molar-refractivity contribution < 1.29 is 9.13 Å². The third-order valence-electron chi connectivity index (χ3n) is 2.70. The molecule has 0 fully saturated rings. The normalized spacial score (nSPS) is 12.7. The van der Waals surface area contributed by atoms with E-state index in [1.165, 1.54) is 6.07 Å². The summed E-state index contributed by atoms with van der Waals surface area (Å²) in [5.74, 6) is -0.392. The molecular weight excluding hydrogens is 255 g/mol. The Labute approximate surface area is 112 Å². The number of nitrogens with two attached hydrogens (primary N) is 1. The van der Waals surface area contributed by atoms with Crippen LogP contribution in [-0.4, -0.2) is 26.3 Å². The van der Waals surface area contributed by atoms with Gasteiger partial charge in [0.2, 0.25) is 0 Å². The molecule has 0 bridgehead atoms. The molecule has 0 spiro atoms. The van der Waals surface area contributed by atoms with E-state index in [1.807, 2.05) is 0 Å². The number of halogens is 2. The minimum absolute atomic E-state index is 0.152. The third kappa shape index (κ3) is 5.31. The van der Waals surface area contributed by atoms with Gasteiger partial charge in [-0.15, -0.1) is 0 Å². The first kappa shape index (κ1) is 15.4. The molecule has 1 atom stereocenters. The number of methoxy groups -OCH3 is 1. The standard InChI is InChI=1S/C13H20ClFN2O/c1-18-9-11(3-2-6-16)17-8-10-4-5-13(15)12(14)7-10/h4-5,7,11,17H,2-3,6,8-9,16H2,1H3. The van der Waals surface area contributed by atoms with Gasteiger partial charge in [0, 0.05) is 19.7 Å². The van der Waals surface area contributed by atoms with Crippen LogP contribution in [-0.2, 0) is 11.3 Å². The SMILES string of the molecule is COCC(CCCN)NCc1ccc(F)c(Cl)c1. The molecule has 1 rings (SSSR count). The monoisotopic (exact) mass is 274 g/mol. The van der Waals surface area contributed by atoms with E-state index in [4.69, 9.17) is 22.1 Å². The summed E-state index contributed by atoms with van der Waals surface area (Å²) in [6, 6.07) is 4.99. The minimum atomic E-state index is -0.392. The number of benzene rings is 1. The summed E-state index contributed by atoms with van der Waals surface area (Å²) < 4.78 is 18.1. The molecule has 5 heteroatoms. The van der Waals surface area contributed by atoms with Crippen molar-refractivity contribution in [3.8, 4) is 0 Å². The van der Waals surface area contributed by atoms with E-state index in [-0.39, 0.29) is 11.1 Å². The summed E-state index contributed by atoms with van der Waals surface area (Å²) >= 11 is 5.73. The Morgan fingerprint density at radius 1 is 1.50 bits per heavy atom. The highest BCUT2D eigenvalue weighted by Gasteiger charge is 2.08. The highest BCUT2D eigenvalue weighted by molar-refractivity contribution is 6.30. The maximum Gasteiger partial charge on any atom is 0.141 e. The quantitative estimate of drug-likeness (QED) is 0.765. The first-order chi connectivity index (χ1) is 8.67. The topological polar surface area (TPSA) is 47.3 Å². The van der Waals surface area contributed by atoms with Crippen molar-refractivity contribution in [2.45, 2.75) is 25.4 Å². The molecule has 0 aliphatic rings. The Balaban J connectivity index is 2.47. The Morgan fingerprint density at radius 3 is 2.89 bits per heavy atom. The zero-order valence-corrected chi connectivity index (χ0v) is 11.3. The lowest BCUT2D eigenvalue weighted by Gasteiger charge is -2.17. The highest BCUT2D eigenvalue weighted by atomic mass is 35.5. The molecule has 0 amide bonds. The lowest BCUT2D eigenvalue weighted by atomic mass is 10.1. The molecule has 3 N–H and O–H groups in total. The number of ether oxygens (including phenoxy) is 1. The number of hydrogen-bond acceptors (Lipinski definition) is 3. The molecule has 0 saturated heterocycles. The van der Waals surface area contributed by atoms with Crippen LogP contribution < -0.4 is 11.1 Å². The summed E-state index contributed by atoms with van der Waals surface area (Å²) in [7, 11) is 1.67. The summed E-state index contributed by atoms with van der Waals surface area (Å²) in [4.78, 5) is 0. The molecule has 1 aromatic rings. The molecule has 0 radical (unpaired) electrons. The lowest BCUT2D eigenvalue weighted by Crippen LogP contribution is -2.33. The van der Waals surface area contributed by atoms with Crippen molar-refractivity contribution in [1.29, 1.82) is 0 Å². The summed E-state index contributed by atoms with van der Waals surface area (Å²) in [5, 5.41) is 3.51. The van der Waals surface area contributed by atoms with Gasteiger partial charge in [-0.3, -0.25) is 0 Å². The summed E-state index contributed by atoms with van der Waals surface area (Å²) in [6.07, 6.45) is 1.91. The molecule has 3 nitrogen and oxygen atoms in total. The Kier molecular flexibility index (Phi) is 7.20. The van der Waals surface area contributed by atoms with Crippen LogP contribution in [0, 0.1) is 5.82 Å². The molecule has 0 heterocycles. The average Bonchev–Trinajstić information content (AvgIpc) is 2.37. The van der Waals surface area contributed by atoms with Crippen molar-refractivity contribution in [2.24, 2.45) is 5.73 Å². The second-order valence-electron chi connectivity index (χ2n) is 4.21. The van der Waals surface area contributed by atoms with Gasteiger partial charge < -0.3 is 15.8 Å². The molecule has 0 aliphatic heterocycles. The molecule has 1 unspecified atom stereocenters. The molecule has 102 valence electrons. The fourth-order valence-corrected chi connectivity index (χ4v) is 1.92. The average molecular weight is 275 g/mol. The first-order valence-electron chi connectivity index (χ1n) is 6.03. The highest BCUT2D eigenvalue weighted by Crippen LogP contribution is 2.16. The molecule has 0 saturated carbocycles. The van der Waals surface area contributed by atoms with E-state index >= 15 is 0 Å². The smallest absolute Gasteiger partial charge is 0.141 e. The number of hydrogen-bond donors (Lipinski definition) is 2. The minimum Gasteiger partial charge on any atom is -0.383 e. The Morgan fingerprint density at radius 2 is 2.28 bits per heavy atom. The van der Waals surface area contributed by atoms with Gasteiger partial charge >= 0.3 is 0 Å². The van der Waals surface area contributed by atoms with Crippen LogP contribution >= 0.6 is 11.6 Å². The van der Waals surface area contributed by atoms with Crippen LogP contribution in [0.1, 0.15) is 18.4 Å². The molecule has 18 heavy (non-hydrogen) atoms. The van der Waals surface area contributed by atoms with Gasteiger partial charge in [-0.25, -0.2) is 4.39 Å². The largest absolute Gasteiger partial charge is 0.383 e. The second kappa shape index (κ2) is 8.43. The number of rotatable bonds is 8. The van der Waals surface area contributed by atoms with Crippen molar-refractivity contribution in [3.63, 3.8) is 0 Å². The van der Waals surface area contributed by atoms with E-state index in [2.05, 4.69) is 5.32 Å². The molecule has 1 aromatic carbocycles. The van der Waals surface area contributed by atoms with Crippen LogP contribution in [0.4, 0.5) is 4.39 Å². The molecular formula is C13H20ClFN2O. The maximum absolute atomic E-state index is 13.0. The van der Waals surface area contributed by atoms with Crippen molar-refractivity contribution >= 4 is 11.6 Å². The Bertz CT molecular complexity index is 363.